The first kappa shape index (κ1) is 17.2. The summed E-state index contributed by atoms with van der Waals surface area (Å²) in [5, 5.41) is 5.08. The van der Waals surface area contributed by atoms with E-state index >= 15 is 0 Å². The lowest BCUT2D eigenvalue weighted by atomic mass is 10.1. The van der Waals surface area contributed by atoms with E-state index in [1.807, 2.05) is 17.5 Å². The fourth-order valence-corrected chi connectivity index (χ4v) is 4.23. The van der Waals surface area contributed by atoms with Crippen LogP contribution in [-0.2, 0) is 16.3 Å². The molecule has 0 saturated heterocycles. The average molecular weight is 338 g/mol. The van der Waals surface area contributed by atoms with E-state index in [1.165, 1.54) is 10.5 Å². The molecule has 0 saturated carbocycles. The monoisotopic (exact) mass is 337 g/mol. The molecule has 0 radical (unpaired) electrons. The quantitative estimate of drug-likeness (QED) is 0.734. The molecule has 1 aliphatic rings. The number of nitrogens with one attached hydrogen (secondary N) is 1. The molecule has 1 aliphatic carbocycles. The molecule has 1 aromatic rings. The predicted octanol–water partition coefficient (Wildman–Crippen LogP) is 3.82. The lowest BCUT2D eigenvalue weighted by molar-refractivity contribution is 0.594. The molecule has 1 heterocycles. The Kier molecular flexibility index (Phi) is 6.61. The van der Waals surface area contributed by atoms with Gasteiger partial charge in [-0.15, -0.1) is 11.3 Å². The Balaban J connectivity index is 1.85. The molecule has 1 N–H and O–H groups in total. The number of hydrogen-bond acceptors (Lipinski definition) is 4. The standard InChI is InChI=1S/C17H23NO2S2/c1-2-5-15-6-3-8-17(10-9-15)22(19,20)14-18-12-11-16-7-4-13-21-16/h4,6-10,13,18H,2-3,5,11-12,14H2,1H3. The fourth-order valence-electron chi connectivity index (χ4n) is 2.31. The van der Waals surface area contributed by atoms with Crippen molar-refractivity contribution in [2.75, 3.05) is 12.4 Å². The van der Waals surface area contributed by atoms with Crippen molar-refractivity contribution in [3.63, 3.8) is 0 Å². The maximum atomic E-state index is 12.4. The smallest absolute Gasteiger partial charge is 0.190 e. The lowest BCUT2D eigenvalue weighted by Crippen LogP contribution is -2.25. The minimum atomic E-state index is -3.25. The highest BCUT2D eigenvalue weighted by Crippen LogP contribution is 2.18. The van der Waals surface area contributed by atoms with Gasteiger partial charge in [-0.05, 0) is 36.8 Å². The zero-order valence-corrected chi connectivity index (χ0v) is 14.6. The summed E-state index contributed by atoms with van der Waals surface area (Å²) in [6.07, 6.45) is 11.2. The summed E-state index contributed by atoms with van der Waals surface area (Å²) >= 11 is 1.70. The number of hydrogen-bond donors (Lipinski definition) is 1. The highest BCUT2D eigenvalue weighted by atomic mass is 32.2. The molecule has 0 aliphatic heterocycles. The second-order valence-corrected chi connectivity index (χ2v) is 8.31. The molecule has 0 aromatic carbocycles. The Labute approximate surface area is 137 Å². The summed E-state index contributed by atoms with van der Waals surface area (Å²) in [4.78, 5) is 1.70. The molecule has 0 atom stereocenters. The van der Waals surface area contributed by atoms with Crippen molar-refractivity contribution in [3.8, 4) is 0 Å². The summed E-state index contributed by atoms with van der Waals surface area (Å²) in [7, 11) is -3.25. The molecule has 5 heteroatoms. The van der Waals surface area contributed by atoms with Gasteiger partial charge in [0.25, 0.3) is 0 Å². The Hall–Kier alpha value is -1.17. The van der Waals surface area contributed by atoms with Gasteiger partial charge in [0, 0.05) is 11.4 Å². The molecule has 120 valence electrons. The van der Waals surface area contributed by atoms with Crippen LogP contribution in [0.4, 0.5) is 0 Å². The first-order chi connectivity index (χ1) is 10.6. The molecule has 0 amide bonds. The van der Waals surface area contributed by atoms with E-state index in [0.717, 1.165) is 19.3 Å². The number of rotatable bonds is 8. The van der Waals surface area contributed by atoms with E-state index < -0.39 is 9.84 Å². The fraction of sp³-hybridized carbons (Fsp3) is 0.412. The number of sulfone groups is 1. The van der Waals surface area contributed by atoms with Crippen molar-refractivity contribution in [1.29, 1.82) is 0 Å². The third kappa shape index (κ3) is 5.23. The van der Waals surface area contributed by atoms with Gasteiger partial charge in [0.15, 0.2) is 9.84 Å². The number of thiophene rings is 1. The van der Waals surface area contributed by atoms with Gasteiger partial charge in [-0.25, -0.2) is 8.42 Å². The third-order valence-electron chi connectivity index (χ3n) is 3.48. The van der Waals surface area contributed by atoms with Crippen LogP contribution in [0.5, 0.6) is 0 Å². The molecular formula is C17H23NO2S2. The van der Waals surface area contributed by atoms with Gasteiger partial charge >= 0.3 is 0 Å². The first-order valence-corrected chi connectivity index (χ1v) is 10.2. The molecule has 3 nitrogen and oxygen atoms in total. The van der Waals surface area contributed by atoms with Crippen LogP contribution in [0.25, 0.3) is 0 Å². The Morgan fingerprint density at radius 2 is 2.09 bits per heavy atom. The molecule has 1 aromatic heterocycles. The summed E-state index contributed by atoms with van der Waals surface area (Å²) in [6.45, 7) is 2.80. The third-order valence-corrected chi connectivity index (χ3v) is 6.02. The Morgan fingerprint density at radius 1 is 1.23 bits per heavy atom. The van der Waals surface area contributed by atoms with Gasteiger partial charge < -0.3 is 5.32 Å². The zero-order valence-electron chi connectivity index (χ0n) is 12.9. The molecule has 0 spiro atoms. The second-order valence-electron chi connectivity index (χ2n) is 5.29. The van der Waals surface area contributed by atoms with Crippen LogP contribution in [0.1, 0.15) is 31.1 Å². The lowest BCUT2D eigenvalue weighted by Gasteiger charge is -2.06. The Morgan fingerprint density at radius 3 is 2.82 bits per heavy atom. The van der Waals surface area contributed by atoms with E-state index in [-0.39, 0.29) is 5.88 Å². The highest BCUT2D eigenvalue weighted by molar-refractivity contribution is 7.95. The van der Waals surface area contributed by atoms with Crippen molar-refractivity contribution in [1.82, 2.24) is 5.32 Å². The molecule has 0 bridgehead atoms. The van der Waals surface area contributed by atoms with Gasteiger partial charge in [-0.1, -0.05) is 43.2 Å². The zero-order chi connectivity index (χ0) is 15.8. The van der Waals surface area contributed by atoms with Gasteiger partial charge in [0.05, 0.1) is 4.91 Å². The number of allylic oxidation sites excluding steroid dienone is 5. The second kappa shape index (κ2) is 8.46. The van der Waals surface area contributed by atoms with Crippen LogP contribution in [0.2, 0.25) is 0 Å². The van der Waals surface area contributed by atoms with Crippen molar-refractivity contribution >= 4 is 21.2 Å². The van der Waals surface area contributed by atoms with Gasteiger partial charge in [0.2, 0.25) is 0 Å². The van der Waals surface area contributed by atoms with Gasteiger partial charge in [-0.2, -0.15) is 0 Å². The van der Waals surface area contributed by atoms with Crippen molar-refractivity contribution < 1.29 is 8.42 Å². The maximum absolute atomic E-state index is 12.4. The summed E-state index contributed by atoms with van der Waals surface area (Å²) in [5.41, 5.74) is 1.22. The van der Waals surface area contributed by atoms with E-state index in [9.17, 15) is 8.42 Å². The van der Waals surface area contributed by atoms with E-state index in [1.54, 1.807) is 23.5 Å². The van der Waals surface area contributed by atoms with Crippen LogP contribution in [0, 0.1) is 0 Å². The van der Waals surface area contributed by atoms with E-state index in [0.29, 0.717) is 17.9 Å². The summed E-state index contributed by atoms with van der Waals surface area (Å²) in [5.74, 6) is -0.00232. The first-order valence-electron chi connectivity index (χ1n) is 7.65. The molecule has 0 fully saturated rings. The normalized spacial score (nSPS) is 15.3. The van der Waals surface area contributed by atoms with Crippen LogP contribution in [-0.4, -0.2) is 20.8 Å². The average Bonchev–Trinajstić information content (AvgIpc) is 2.89. The largest absolute Gasteiger partial charge is 0.303 e. The molecule has 22 heavy (non-hydrogen) atoms. The molecular weight excluding hydrogens is 314 g/mol. The minimum absolute atomic E-state index is 0.00232. The van der Waals surface area contributed by atoms with Crippen molar-refractivity contribution in [2.45, 2.75) is 32.6 Å². The topological polar surface area (TPSA) is 46.2 Å². The molecule has 2 rings (SSSR count). The van der Waals surface area contributed by atoms with E-state index in [2.05, 4.69) is 24.4 Å². The highest BCUT2D eigenvalue weighted by Gasteiger charge is 2.15. The van der Waals surface area contributed by atoms with Crippen LogP contribution in [0.3, 0.4) is 0 Å². The van der Waals surface area contributed by atoms with Crippen LogP contribution in [0.15, 0.2) is 52.3 Å². The van der Waals surface area contributed by atoms with Crippen LogP contribution < -0.4 is 5.32 Å². The maximum Gasteiger partial charge on any atom is 0.190 e. The van der Waals surface area contributed by atoms with Crippen molar-refractivity contribution in [2.24, 2.45) is 0 Å². The summed E-state index contributed by atoms with van der Waals surface area (Å²) in [6, 6.07) is 4.08. The van der Waals surface area contributed by atoms with Crippen molar-refractivity contribution in [3.05, 3.63) is 57.2 Å². The SMILES string of the molecule is CCCC1=CCC=C(S(=O)(=O)CNCCc2cccs2)C=C1. The summed E-state index contributed by atoms with van der Waals surface area (Å²) < 4.78 is 24.7. The minimum Gasteiger partial charge on any atom is -0.303 e. The van der Waals surface area contributed by atoms with E-state index in [4.69, 9.17) is 0 Å². The van der Waals surface area contributed by atoms with Gasteiger partial charge in [0.1, 0.15) is 5.88 Å². The predicted molar refractivity (Wildman–Crippen MR) is 94.6 cm³/mol. The van der Waals surface area contributed by atoms with Gasteiger partial charge in [-0.3, -0.25) is 0 Å². The van der Waals surface area contributed by atoms with Crippen LogP contribution >= 0.6 is 11.3 Å². The molecule has 0 unspecified atom stereocenters. The Bertz CT molecular complexity index is 653.